The van der Waals surface area contributed by atoms with E-state index in [9.17, 15) is 4.79 Å². The van der Waals surface area contributed by atoms with Crippen LogP contribution in [0.25, 0.3) is 0 Å². The zero-order valence-corrected chi connectivity index (χ0v) is 10.4. The van der Waals surface area contributed by atoms with Gasteiger partial charge in [-0.25, -0.2) is 4.79 Å². The Morgan fingerprint density at radius 1 is 1.50 bits per heavy atom. The summed E-state index contributed by atoms with van der Waals surface area (Å²) in [6.07, 6.45) is 0. The molecule has 16 heavy (non-hydrogen) atoms. The van der Waals surface area contributed by atoms with E-state index in [1.807, 2.05) is 6.07 Å². The summed E-state index contributed by atoms with van der Waals surface area (Å²) in [7, 11) is 1.36. The SMILES string of the molecule is COC(=O)c1cccc(OCC(C)CS)c1. The van der Waals surface area contributed by atoms with Crippen LogP contribution in [0.1, 0.15) is 17.3 Å². The molecule has 88 valence electrons. The number of thiol groups is 1. The van der Waals surface area contributed by atoms with E-state index in [1.54, 1.807) is 18.2 Å². The van der Waals surface area contributed by atoms with E-state index in [1.165, 1.54) is 7.11 Å². The molecule has 0 spiro atoms. The summed E-state index contributed by atoms with van der Waals surface area (Å²) < 4.78 is 10.2. The fraction of sp³-hybridized carbons (Fsp3) is 0.417. The second-order valence-electron chi connectivity index (χ2n) is 3.62. The van der Waals surface area contributed by atoms with Crippen LogP contribution in [0.15, 0.2) is 24.3 Å². The highest BCUT2D eigenvalue weighted by Gasteiger charge is 2.06. The molecule has 0 fully saturated rings. The molecule has 0 aliphatic heterocycles. The largest absolute Gasteiger partial charge is 0.493 e. The standard InChI is InChI=1S/C12H16O3S/c1-9(8-16)7-15-11-5-3-4-10(6-11)12(13)14-2/h3-6,9,16H,7-8H2,1-2H3. The Kier molecular flexibility index (Phi) is 5.19. The van der Waals surface area contributed by atoms with E-state index in [0.717, 1.165) is 5.75 Å². The Bertz CT molecular complexity index is 352. The number of ether oxygens (including phenoxy) is 2. The topological polar surface area (TPSA) is 35.5 Å². The fourth-order valence-electron chi connectivity index (χ4n) is 1.12. The molecule has 1 unspecified atom stereocenters. The number of carbonyl (C=O) groups excluding carboxylic acids is 1. The molecule has 1 atom stereocenters. The Balaban J connectivity index is 2.64. The molecule has 1 aromatic carbocycles. The summed E-state index contributed by atoms with van der Waals surface area (Å²) >= 11 is 4.18. The van der Waals surface area contributed by atoms with E-state index in [2.05, 4.69) is 24.3 Å². The second-order valence-corrected chi connectivity index (χ2v) is 3.98. The molecule has 0 bridgehead atoms. The lowest BCUT2D eigenvalue weighted by atomic mass is 10.2. The number of methoxy groups -OCH3 is 1. The minimum atomic E-state index is -0.354. The Hall–Kier alpha value is -1.16. The van der Waals surface area contributed by atoms with Crippen LogP contribution in [0.3, 0.4) is 0 Å². The van der Waals surface area contributed by atoms with Gasteiger partial charge in [-0.3, -0.25) is 0 Å². The summed E-state index contributed by atoms with van der Waals surface area (Å²) in [4.78, 5) is 11.3. The number of rotatable bonds is 5. The minimum absolute atomic E-state index is 0.354. The summed E-state index contributed by atoms with van der Waals surface area (Å²) in [6, 6.07) is 6.96. The first kappa shape index (κ1) is 12.9. The molecule has 0 aliphatic rings. The average molecular weight is 240 g/mol. The molecule has 0 N–H and O–H groups in total. The van der Waals surface area contributed by atoms with Gasteiger partial charge in [-0.05, 0) is 29.9 Å². The number of hydrogen-bond acceptors (Lipinski definition) is 4. The third-order valence-corrected chi connectivity index (χ3v) is 2.72. The number of hydrogen-bond donors (Lipinski definition) is 1. The lowest BCUT2D eigenvalue weighted by Gasteiger charge is -2.11. The first-order valence-electron chi connectivity index (χ1n) is 5.09. The van der Waals surface area contributed by atoms with Gasteiger partial charge in [0.1, 0.15) is 5.75 Å². The smallest absolute Gasteiger partial charge is 0.337 e. The van der Waals surface area contributed by atoms with Crippen molar-refractivity contribution in [1.29, 1.82) is 0 Å². The van der Waals surface area contributed by atoms with Crippen molar-refractivity contribution in [3.63, 3.8) is 0 Å². The van der Waals surface area contributed by atoms with Gasteiger partial charge in [0.25, 0.3) is 0 Å². The fourth-order valence-corrected chi connectivity index (χ4v) is 1.23. The van der Waals surface area contributed by atoms with Crippen LogP contribution >= 0.6 is 12.6 Å². The highest BCUT2D eigenvalue weighted by molar-refractivity contribution is 7.80. The molecule has 0 aliphatic carbocycles. The normalized spacial score (nSPS) is 11.9. The third-order valence-electron chi connectivity index (χ3n) is 2.10. The quantitative estimate of drug-likeness (QED) is 0.634. The van der Waals surface area contributed by atoms with E-state index in [4.69, 9.17) is 4.74 Å². The molecule has 0 saturated heterocycles. The van der Waals surface area contributed by atoms with Crippen LogP contribution in [0, 0.1) is 5.92 Å². The zero-order chi connectivity index (χ0) is 12.0. The molecule has 1 rings (SSSR count). The monoisotopic (exact) mass is 240 g/mol. The van der Waals surface area contributed by atoms with E-state index in [0.29, 0.717) is 23.8 Å². The van der Waals surface area contributed by atoms with Crippen molar-refractivity contribution >= 4 is 18.6 Å². The number of benzene rings is 1. The highest BCUT2D eigenvalue weighted by atomic mass is 32.1. The lowest BCUT2D eigenvalue weighted by Crippen LogP contribution is -2.10. The molecule has 0 amide bonds. The molecular weight excluding hydrogens is 224 g/mol. The van der Waals surface area contributed by atoms with Crippen LogP contribution in [0.5, 0.6) is 5.75 Å². The first-order chi connectivity index (χ1) is 7.67. The van der Waals surface area contributed by atoms with E-state index >= 15 is 0 Å². The molecular formula is C12H16O3S. The Morgan fingerprint density at radius 2 is 2.25 bits per heavy atom. The summed E-state index contributed by atoms with van der Waals surface area (Å²) in [6.45, 7) is 2.64. The summed E-state index contributed by atoms with van der Waals surface area (Å²) in [5.41, 5.74) is 0.499. The van der Waals surface area contributed by atoms with Crippen molar-refractivity contribution in [3.8, 4) is 5.75 Å². The third kappa shape index (κ3) is 3.77. The number of esters is 1. The van der Waals surface area contributed by atoms with Crippen LogP contribution in [0.4, 0.5) is 0 Å². The van der Waals surface area contributed by atoms with Gasteiger partial charge in [0.2, 0.25) is 0 Å². The Labute approximate surface area is 101 Å². The summed E-state index contributed by atoms with van der Waals surface area (Å²) in [5, 5.41) is 0. The van der Waals surface area contributed by atoms with E-state index in [-0.39, 0.29) is 5.97 Å². The van der Waals surface area contributed by atoms with E-state index < -0.39 is 0 Å². The van der Waals surface area contributed by atoms with Crippen molar-refractivity contribution in [2.24, 2.45) is 5.92 Å². The van der Waals surface area contributed by atoms with Crippen LogP contribution in [-0.2, 0) is 4.74 Å². The maximum Gasteiger partial charge on any atom is 0.337 e. The van der Waals surface area contributed by atoms with Gasteiger partial charge in [-0.1, -0.05) is 13.0 Å². The maximum absolute atomic E-state index is 11.3. The lowest BCUT2D eigenvalue weighted by molar-refractivity contribution is 0.0600. The molecule has 4 heteroatoms. The molecule has 0 radical (unpaired) electrons. The van der Waals surface area contributed by atoms with Gasteiger partial charge in [-0.15, -0.1) is 0 Å². The number of carbonyl (C=O) groups is 1. The van der Waals surface area contributed by atoms with Crippen molar-refractivity contribution in [3.05, 3.63) is 29.8 Å². The Morgan fingerprint density at radius 3 is 2.88 bits per heavy atom. The minimum Gasteiger partial charge on any atom is -0.493 e. The van der Waals surface area contributed by atoms with Gasteiger partial charge in [-0.2, -0.15) is 12.6 Å². The van der Waals surface area contributed by atoms with Crippen LogP contribution in [0.2, 0.25) is 0 Å². The van der Waals surface area contributed by atoms with Crippen molar-refractivity contribution in [2.75, 3.05) is 19.5 Å². The van der Waals surface area contributed by atoms with Crippen molar-refractivity contribution in [2.45, 2.75) is 6.92 Å². The first-order valence-corrected chi connectivity index (χ1v) is 5.72. The molecule has 3 nitrogen and oxygen atoms in total. The van der Waals surface area contributed by atoms with Gasteiger partial charge < -0.3 is 9.47 Å². The van der Waals surface area contributed by atoms with Gasteiger partial charge in [0, 0.05) is 0 Å². The predicted molar refractivity (Wildman–Crippen MR) is 66.3 cm³/mol. The molecule has 0 saturated carbocycles. The molecule has 0 heterocycles. The predicted octanol–water partition coefficient (Wildman–Crippen LogP) is 2.42. The average Bonchev–Trinajstić information content (AvgIpc) is 2.35. The van der Waals surface area contributed by atoms with Crippen molar-refractivity contribution in [1.82, 2.24) is 0 Å². The second kappa shape index (κ2) is 6.43. The maximum atomic E-state index is 11.3. The van der Waals surface area contributed by atoms with Gasteiger partial charge in [0.05, 0.1) is 19.3 Å². The highest BCUT2D eigenvalue weighted by Crippen LogP contribution is 2.15. The van der Waals surface area contributed by atoms with Gasteiger partial charge >= 0.3 is 5.97 Å². The van der Waals surface area contributed by atoms with Gasteiger partial charge in [0.15, 0.2) is 0 Å². The van der Waals surface area contributed by atoms with Crippen molar-refractivity contribution < 1.29 is 14.3 Å². The zero-order valence-electron chi connectivity index (χ0n) is 9.47. The van der Waals surface area contributed by atoms with Crippen LogP contribution < -0.4 is 4.74 Å². The molecule has 0 aromatic heterocycles. The molecule has 1 aromatic rings. The van der Waals surface area contributed by atoms with Crippen LogP contribution in [-0.4, -0.2) is 25.4 Å². The summed E-state index contributed by atoms with van der Waals surface area (Å²) in [5.74, 6) is 1.48.